The Hall–Kier alpha value is 0.141. The molecule has 5 heavy (non-hydrogen) atoms. The molecule has 0 fully saturated rings. The van der Waals surface area contributed by atoms with Crippen molar-refractivity contribution in [2.45, 2.75) is 0 Å². The molecule has 0 amide bonds. The molecule has 0 aliphatic rings. The standard InChI is InChI=1S/CNSi3/c2-1-4-5-3. The quantitative estimate of drug-likeness (QED) is 0.392. The van der Waals surface area contributed by atoms with Gasteiger partial charge in [0.05, 0.1) is 0 Å². The molecular weight excluding hydrogens is 110 g/mol. The first-order valence-electron chi connectivity index (χ1n) is 0.974. The molecule has 0 aliphatic heterocycles. The van der Waals surface area contributed by atoms with Crippen LogP contribution in [0.1, 0.15) is 0 Å². The van der Waals surface area contributed by atoms with E-state index in [4.69, 9.17) is 5.26 Å². The number of rotatable bonds is 1. The Kier molecular flexibility index (Phi) is 4.26. The van der Waals surface area contributed by atoms with Gasteiger partial charge in [0.2, 0.25) is 0 Å². The first-order valence-corrected chi connectivity index (χ1v) is 5.47. The van der Waals surface area contributed by atoms with E-state index in [1.807, 2.05) is 5.69 Å². The third-order valence-electron chi connectivity index (χ3n) is 0.118. The van der Waals surface area contributed by atoms with Gasteiger partial charge in [-0.2, -0.15) is 0 Å². The molecule has 0 bridgehead atoms. The van der Waals surface area contributed by atoms with Crippen molar-refractivity contribution in [3.63, 3.8) is 0 Å². The highest BCUT2D eigenvalue weighted by Crippen LogP contribution is 1.37. The molecule has 0 atom stereocenters. The van der Waals surface area contributed by atoms with Crippen LogP contribution in [-0.2, 0) is 0 Å². The van der Waals surface area contributed by atoms with Gasteiger partial charge in [-0.05, 0) is 0 Å². The Morgan fingerprint density at radius 1 is 1.80 bits per heavy atom. The van der Waals surface area contributed by atoms with Gasteiger partial charge in [0.25, 0.3) is 0 Å². The van der Waals surface area contributed by atoms with Crippen LogP contribution in [0.15, 0.2) is 0 Å². The second kappa shape index (κ2) is 4.14. The van der Waals surface area contributed by atoms with Crippen molar-refractivity contribution < 1.29 is 0 Å². The van der Waals surface area contributed by atoms with Crippen molar-refractivity contribution in [1.82, 2.24) is 0 Å². The van der Waals surface area contributed by atoms with Gasteiger partial charge in [-0.1, -0.05) is 0 Å². The Morgan fingerprint density at radius 3 is 2.40 bits per heavy atom. The van der Waals surface area contributed by atoms with Crippen LogP contribution in [0.5, 0.6) is 0 Å². The van der Waals surface area contributed by atoms with Crippen molar-refractivity contribution in [3.8, 4) is 5.69 Å². The maximum atomic E-state index is 7.80. The van der Waals surface area contributed by atoms with Gasteiger partial charge in [-0.25, -0.2) is 5.26 Å². The molecule has 0 aromatic heterocycles. The highest BCUT2D eigenvalue weighted by atomic mass is 29.5. The van der Waals surface area contributed by atoms with Crippen LogP contribution >= 0.6 is 0 Å². The van der Waals surface area contributed by atoms with Gasteiger partial charge < -0.3 is 0 Å². The largest absolute Gasteiger partial charge is 0.208 e. The zero-order chi connectivity index (χ0) is 4.12. The van der Waals surface area contributed by atoms with Gasteiger partial charge in [-0.3, -0.25) is 0 Å². The Balaban J connectivity index is 2.48. The maximum Gasteiger partial charge on any atom is 0.163 e. The molecule has 0 heterocycles. The van der Waals surface area contributed by atoms with E-state index < -0.39 is 0 Å². The van der Waals surface area contributed by atoms with E-state index in [2.05, 4.69) is 9.76 Å². The third kappa shape index (κ3) is 4.14. The minimum absolute atomic E-state index is 0.444. The summed E-state index contributed by atoms with van der Waals surface area (Å²) in [6.45, 7) is 0. The summed E-state index contributed by atoms with van der Waals surface area (Å²) in [7, 11) is 4.24. The Labute approximate surface area is 39.0 Å². The summed E-state index contributed by atoms with van der Waals surface area (Å²) < 4.78 is 0. The van der Waals surface area contributed by atoms with Crippen LogP contribution in [0, 0.1) is 11.0 Å². The topological polar surface area (TPSA) is 23.8 Å². The molecule has 0 unspecified atom stereocenters. The maximum absolute atomic E-state index is 7.80. The monoisotopic (exact) mass is 110 g/mol. The second-order valence-electron chi connectivity index (χ2n) is 0.362. The van der Waals surface area contributed by atoms with Crippen LogP contribution in [-0.4, -0.2) is 27.4 Å². The van der Waals surface area contributed by atoms with Crippen molar-refractivity contribution in [1.29, 1.82) is 5.26 Å². The minimum Gasteiger partial charge on any atom is -0.208 e. The molecule has 0 saturated heterocycles. The lowest BCUT2D eigenvalue weighted by Crippen LogP contribution is -1.97. The minimum atomic E-state index is 0.444. The van der Waals surface area contributed by atoms with Crippen LogP contribution in [0.2, 0.25) is 0 Å². The zero-order valence-electron chi connectivity index (χ0n) is 2.45. The van der Waals surface area contributed by atoms with Crippen molar-refractivity contribution in [3.05, 3.63) is 0 Å². The fourth-order valence-corrected chi connectivity index (χ4v) is 0.755. The molecular formula is CNSi3. The molecule has 0 aromatic carbocycles. The average molecular weight is 110 g/mol. The van der Waals surface area contributed by atoms with Gasteiger partial charge in [0.1, 0.15) is 0 Å². The molecule has 0 rings (SSSR count). The SMILES string of the molecule is N#C[Si][Si][Si]. The van der Waals surface area contributed by atoms with Crippen molar-refractivity contribution in [2.24, 2.45) is 0 Å². The Bertz CT molecular complexity index is 45.3. The van der Waals surface area contributed by atoms with Crippen LogP contribution < -0.4 is 0 Å². The first kappa shape index (κ1) is 5.14. The third-order valence-corrected chi connectivity index (χ3v) is 2.19. The summed E-state index contributed by atoms with van der Waals surface area (Å²) in [5.74, 6) is 0. The van der Waals surface area contributed by atoms with E-state index in [1.165, 1.54) is 0 Å². The highest BCUT2D eigenvalue weighted by molar-refractivity contribution is 7.26. The van der Waals surface area contributed by atoms with Gasteiger partial charge in [0.15, 0.2) is 9.04 Å². The van der Waals surface area contributed by atoms with Gasteiger partial charge >= 0.3 is 0 Å². The van der Waals surface area contributed by atoms with E-state index in [0.29, 0.717) is 17.6 Å². The summed E-state index contributed by atoms with van der Waals surface area (Å²) in [6.07, 6.45) is 0. The smallest absolute Gasteiger partial charge is 0.163 e. The molecule has 0 saturated carbocycles. The van der Waals surface area contributed by atoms with Crippen molar-refractivity contribution in [2.75, 3.05) is 0 Å². The van der Waals surface area contributed by atoms with Gasteiger partial charge in [0, 0.05) is 24.0 Å². The zero-order valence-corrected chi connectivity index (χ0v) is 5.45. The molecule has 0 aromatic rings. The normalized spacial score (nSPS) is 6.40. The summed E-state index contributed by atoms with van der Waals surface area (Å²) >= 11 is 0. The number of hydrogen-bond acceptors (Lipinski definition) is 1. The number of nitriles is 1. The highest BCUT2D eigenvalue weighted by Gasteiger charge is 1.72. The van der Waals surface area contributed by atoms with Crippen LogP contribution in [0.4, 0.5) is 0 Å². The van der Waals surface area contributed by atoms with E-state index in [1.54, 1.807) is 0 Å². The average Bonchev–Trinajstić information content (AvgIpc) is 1.41. The van der Waals surface area contributed by atoms with E-state index >= 15 is 0 Å². The fraction of sp³-hybridized carbons (Fsp3) is 0. The Morgan fingerprint density at radius 2 is 2.40 bits per heavy atom. The molecule has 21 valence electrons. The van der Waals surface area contributed by atoms with Crippen molar-refractivity contribution >= 4 is 27.4 Å². The second-order valence-corrected chi connectivity index (χ2v) is 4.84. The first-order chi connectivity index (χ1) is 2.41. The van der Waals surface area contributed by atoms with Crippen LogP contribution in [0.25, 0.3) is 0 Å². The summed E-state index contributed by atoms with van der Waals surface area (Å²) in [5, 5.41) is 7.80. The number of hydrogen-bond donors (Lipinski definition) is 0. The number of nitrogens with zero attached hydrogens (tertiary/aromatic N) is 1. The predicted octanol–water partition coefficient (Wildman–Crippen LogP) is -1.13. The molecule has 0 N–H and O–H groups in total. The molecule has 1 nitrogen and oxygen atoms in total. The lowest BCUT2D eigenvalue weighted by atomic mass is 11.8. The lowest BCUT2D eigenvalue weighted by molar-refractivity contribution is 1.56. The van der Waals surface area contributed by atoms with E-state index in [-0.39, 0.29) is 0 Å². The van der Waals surface area contributed by atoms with E-state index in [9.17, 15) is 0 Å². The van der Waals surface area contributed by atoms with Gasteiger partial charge in [-0.15, -0.1) is 0 Å². The van der Waals surface area contributed by atoms with E-state index in [0.717, 1.165) is 0 Å². The van der Waals surface area contributed by atoms with Crippen LogP contribution in [0.3, 0.4) is 0 Å². The fourth-order valence-electron chi connectivity index (χ4n) is 0.0280. The summed E-state index contributed by atoms with van der Waals surface area (Å²) in [4.78, 5) is 0. The molecule has 0 aliphatic carbocycles. The molecule has 0 spiro atoms. The molecule has 4 heteroatoms. The summed E-state index contributed by atoms with van der Waals surface area (Å²) in [5.41, 5.74) is 2.01. The lowest BCUT2D eigenvalue weighted by Gasteiger charge is -1.59. The predicted molar refractivity (Wildman–Crippen MR) is 22.9 cm³/mol. The molecule has 7 radical (unpaired) electrons. The summed E-state index contributed by atoms with van der Waals surface area (Å²) in [6, 6.07) is 0.